The van der Waals surface area contributed by atoms with Crippen molar-refractivity contribution in [3.63, 3.8) is 0 Å². The molecule has 0 aliphatic carbocycles. The van der Waals surface area contributed by atoms with Gasteiger partial charge in [-0.15, -0.1) is 5.10 Å². The van der Waals surface area contributed by atoms with E-state index in [0.29, 0.717) is 0 Å². The zero-order valence-corrected chi connectivity index (χ0v) is 6.43. The van der Waals surface area contributed by atoms with E-state index in [4.69, 9.17) is 0 Å². The summed E-state index contributed by atoms with van der Waals surface area (Å²) in [7, 11) is 0. The van der Waals surface area contributed by atoms with Gasteiger partial charge >= 0.3 is 0 Å². The molecule has 0 saturated carbocycles. The van der Waals surface area contributed by atoms with Crippen LogP contribution in [0.3, 0.4) is 0 Å². The van der Waals surface area contributed by atoms with Crippen LogP contribution in [0.4, 0.5) is 4.39 Å². The zero-order chi connectivity index (χ0) is 7.72. The van der Waals surface area contributed by atoms with Crippen LogP contribution in [-0.4, -0.2) is 9.78 Å². The van der Waals surface area contributed by atoms with E-state index in [1.54, 1.807) is 4.68 Å². The Balaban J connectivity index is 3.03. The number of aryl methyl sites for hydroxylation is 1. The van der Waals surface area contributed by atoms with Gasteiger partial charge in [-0.2, -0.15) is 4.39 Å². The standard InChI is InChI=1S/C7H11FN2/c1-5(2)10-6(3)4-7(8)9-10/h4-5H,1-3H3. The third kappa shape index (κ3) is 1.17. The lowest BCUT2D eigenvalue weighted by molar-refractivity contribution is 0.474. The highest BCUT2D eigenvalue weighted by molar-refractivity contribution is 4.99. The first kappa shape index (κ1) is 7.25. The van der Waals surface area contributed by atoms with Gasteiger partial charge in [0.1, 0.15) is 0 Å². The van der Waals surface area contributed by atoms with Crippen molar-refractivity contribution in [2.75, 3.05) is 0 Å². The summed E-state index contributed by atoms with van der Waals surface area (Å²) in [5.41, 5.74) is 0.868. The molecule has 0 amide bonds. The molecule has 0 spiro atoms. The van der Waals surface area contributed by atoms with Crippen LogP contribution in [-0.2, 0) is 0 Å². The number of hydrogen-bond acceptors (Lipinski definition) is 1. The van der Waals surface area contributed by atoms with Crippen LogP contribution in [0.2, 0.25) is 0 Å². The molecule has 0 aliphatic heterocycles. The normalized spacial score (nSPS) is 10.9. The van der Waals surface area contributed by atoms with Crippen molar-refractivity contribution in [3.05, 3.63) is 17.7 Å². The molecule has 1 aromatic rings. The molecule has 1 heterocycles. The van der Waals surface area contributed by atoms with Gasteiger partial charge < -0.3 is 0 Å². The summed E-state index contributed by atoms with van der Waals surface area (Å²) >= 11 is 0. The third-order valence-corrected chi connectivity index (χ3v) is 1.38. The second-order valence-corrected chi connectivity index (χ2v) is 2.65. The summed E-state index contributed by atoms with van der Waals surface area (Å²) in [6.45, 7) is 5.79. The largest absolute Gasteiger partial charge is 0.264 e. The molecule has 0 radical (unpaired) electrons. The van der Waals surface area contributed by atoms with Crippen molar-refractivity contribution in [3.8, 4) is 0 Å². The summed E-state index contributed by atoms with van der Waals surface area (Å²) in [4.78, 5) is 0. The molecule has 56 valence electrons. The summed E-state index contributed by atoms with van der Waals surface area (Å²) in [6.07, 6.45) is 0. The molecular weight excluding hydrogens is 131 g/mol. The van der Waals surface area contributed by atoms with E-state index in [9.17, 15) is 4.39 Å². The van der Waals surface area contributed by atoms with Crippen molar-refractivity contribution in [2.45, 2.75) is 26.8 Å². The Morgan fingerprint density at radius 3 is 2.40 bits per heavy atom. The average molecular weight is 142 g/mol. The van der Waals surface area contributed by atoms with E-state index in [1.807, 2.05) is 20.8 Å². The quantitative estimate of drug-likeness (QED) is 0.585. The Bertz CT molecular complexity index is 228. The molecule has 0 saturated heterocycles. The van der Waals surface area contributed by atoms with E-state index >= 15 is 0 Å². The van der Waals surface area contributed by atoms with Gasteiger partial charge in [0.25, 0.3) is 0 Å². The lowest BCUT2D eigenvalue weighted by Crippen LogP contribution is -2.04. The van der Waals surface area contributed by atoms with Crippen LogP contribution in [0.5, 0.6) is 0 Å². The number of hydrogen-bond donors (Lipinski definition) is 0. The Hall–Kier alpha value is -0.860. The van der Waals surface area contributed by atoms with Crippen molar-refractivity contribution in [1.29, 1.82) is 0 Å². The van der Waals surface area contributed by atoms with Gasteiger partial charge in [0.15, 0.2) is 0 Å². The van der Waals surface area contributed by atoms with Gasteiger partial charge in [0.2, 0.25) is 5.95 Å². The second kappa shape index (κ2) is 2.40. The molecule has 3 heteroatoms. The molecule has 0 fully saturated rings. The fraction of sp³-hybridized carbons (Fsp3) is 0.571. The maximum absolute atomic E-state index is 12.4. The fourth-order valence-corrected chi connectivity index (χ4v) is 0.972. The molecule has 1 rings (SSSR count). The van der Waals surface area contributed by atoms with Gasteiger partial charge in [-0.05, 0) is 20.8 Å². The minimum absolute atomic E-state index is 0.240. The van der Waals surface area contributed by atoms with E-state index in [1.165, 1.54) is 6.07 Å². The van der Waals surface area contributed by atoms with Crippen LogP contribution >= 0.6 is 0 Å². The lowest BCUT2D eigenvalue weighted by atomic mass is 10.4. The smallest absolute Gasteiger partial charge is 0.232 e. The predicted octanol–water partition coefficient (Wildman–Crippen LogP) is 1.91. The van der Waals surface area contributed by atoms with Crippen molar-refractivity contribution in [1.82, 2.24) is 9.78 Å². The van der Waals surface area contributed by atoms with Crippen molar-refractivity contribution in [2.24, 2.45) is 0 Å². The van der Waals surface area contributed by atoms with E-state index in [2.05, 4.69) is 5.10 Å². The first-order chi connectivity index (χ1) is 4.61. The highest BCUT2D eigenvalue weighted by atomic mass is 19.1. The number of rotatable bonds is 1. The van der Waals surface area contributed by atoms with E-state index in [0.717, 1.165) is 5.69 Å². The van der Waals surface area contributed by atoms with E-state index < -0.39 is 5.95 Å². The van der Waals surface area contributed by atoms with Gasteiger partial charge in [-0.25, -0.2) is 0 Å². The summed E-state index contributed by atoms with van der Waals surface area (Å²) in [5.74, 6) is -0.397. The third-order valence-electron chi connectivity index (χ3n) is 1.38. The van der Waals surface area contributed by atoms with E-state index in [-0.39, 0.29) is 6.04 Å². The second-order valence-electron chi connectivity index (χ2n) is 2.65. The Morgan fingerprint density at radius 2 is 2.20 bits per heavy atom. The summed E-state index contributed by atoms with van der Waals surface area (Å²) in [5, 5.41) is 3.66. The molecule has 10 heavy (non-hydrogen) atoms. The molecule has 0 unspecified atom stereocenters. The lowest BCUT2D eigenvalue weighted by Gasteiger charge is -2.05. The first-order valence-corrected chi connectivity index (χ1v) is 3.33. The highest BCUT2D eigenvalue weighted by Crippen LogP contribution is 2.08. The van der Waals surface area contributed by atoms with Crippen molar-refractivity contribution < 1.29 is 4.39 Å². The van der Waals surface area contributed by atoms with Gasteiger partial charge in [-0.3, -0.25) is 4.68 Å². The molecule has 2 nitrogen and oxygen atoms in total. The minimum atomic E-state index is -0.397. The average Bonchev–Trinajstić information content (AvgIpc) is 2.10. The number of aromatic nitrogens is 2. The van der Waals surface area contributed by atoms with Crippen molar-refractivity contribution >= 4 is 0 Å². The zero-order valence-electron chi connectivity index (χ0n) is 6.43. The molecule has 0 bridgehead atoms. The van der Waals surface area contributed by atoms with Crippen LogP contribution in [0.25, 0.3) is 0 Å². The molecule has 0 atom stereocenters. The van der Waals surface area contributed by atoms with Crippen LogP contribution in [0, 0.1) is 12.9 Å². The SMILES string of the molecule is Cc1cc(F)nn1C(C)C. The topological polar surface area (TPSA) is 17.8 Å². The van der Waals surface area contributed by atoms with Crippen LogP contribution < -0.4 is 0 Å². The van der Waals surface area contributed by atoms with Gasteiger partial charge in [0.05, 0.1) is 0 Å². The minimum Gasteiger partial charge on any atom is -0.264 e. The predicted molar refractivity (Wildman–Crippen MR) is 37.3 cm³/mol. The molecular formula is C7H11FN2. The van der Waals surface area contributed by atoms with Gasteiger partial charge in [0, 0.05) is 17.8 Å². The van der Waals surface area contributed by atoms with Crippen LogP contribution in [0.15, 0.2) is 6.07 Å². The van der Waals surface area contributed by atoms with Gasteiger partial charge in [-0.1, -0.05) is 0 Å². The Morgan fingerprint density at radius 1 is 1.60 bits per heavy atom. The molecule has 0 aliphatic rings. The maximum atomic E-state index is 12.4. The number of nitrogens with zero attached hydrogens (tertiary/aromatic N) is 2. The Labute approximate surface area is 59.7 Å². The summed E-state index contributed by atoms with van der Waals surface area (Å²) < 4.78 is 14.1. The highest BCUT2D eigenvalue weighted by Gasteiger charge is 2.04. The molecule has 1 aromatic heterocycles. The Kier molecular flexibility index (Phi) is 1.74. The monoisotopic (exact) mass is 142 g/mol. The fourth-order valence-electron chi connectivity index (χ4n) is 0.972. The first-order valence-electron chi connectivity index (χ1n) is 3.33. The number of halogens is 1. The molecule has 0 N–H and O–H groups in total. The van der Waals surface area contributed by atoms with Crippen LogP contribution in [0.1, 0.15) is 25.6 Å². The molecule has 0 aromatic carbocycles. The maximum Gasteiger partial charge on any atom is 0.232 e. The summed E-state index contributed by atoms with van der Waals surface area (Å²) in [6, 6.07) is 1.67.